The molecule has 1 aromatic rings. The van der Waals surface area contributed by atoms with Crippen molar-refractivity contribution >= 4 is 6.09 Å². The minimum absolute atomic E-state index is 0.00611. The van der Waals surface area contributed by atoms with E-state index < -0.39 is 0 Å². The molecule has 4 heteroatoms. The summed E-state index contributed by atoms with van der Waals surface area (Å²) in [5.41, 5.74) is 2.32. The number of cyclic esters (lactones) is 1. The maximum atomic E-state index is 11.0. The van der Waals surface area contributed by atoms with Gasteiger partial charge in [-0.05, 0) is 44.0 Å². The van der Waals surface area contributed by atoms with Crippen LogP contribution in [0.4, 0.5) is 4.79 Å². The van der Waals surface area contributed by atoms with Gasteiger partial charge < -0.3 is 14.8 Å². The number of alkyl carbamates (subject to hydrolysis) is 1. The summed E-state index contributed by atoms with van der Waals surface area (Å²) in [5.74, 6) is 0.817. The first-order valence-electron chi connectivity index (χ1n) is 5.73. The molecule has 2 atom stereocenters. The molecule has 1 amide bonds. The predicted octanol–water partition coefficient (Wildman–Crippen LogP) is 2.18. The lowest BCUT2D eigenvalue weighted by molar-refractivity contribution is 0.0942. The van der Waals surface area contributed by atoms with E-state index in [1.54, 1.807) is 0 Å². The summed E-state index contributed by atoms with van der Waals surface area (Å²) in [6, 6.07) is 6.03. The third-order valence-electron chi connectivity index (χ3n) is 2.77. The predicted molar refractivity (Wildman–Crippen MR) is 64.3 cm³/mol. The van der Waals surface area contributed by atoms with Crippen molar-refractivity contribution in [2.24, 2.45) is 0 Å². The van der Waals surface area contributed by atoms with Crippen LogP contribution in [0.25, 0.3) is 0 Å². The second-order valence-corrected chi connectivity index (χ2v) is 4.51. The minimum Gasteiger partial charge on any atom is -0.490 e. The maximum absolute atomic E-state index is 11.0. The molecular weight excluding hydrogens is 218 g/mol. The number of rotatable bonds is 3. The minimum atomic E-state index is -0.369. The largest absolute Gasteiger partial charge is 0.490 e. The number of hydrogen-bond donors (Lipinski definition) is 1. The third kappa shape index (κ3) is 2.90. The van der Waals surface area contributed by atoms with E-state index in [0.29, 0.717) is 6.61 Å². The molecule has 0 spiro atoms. The van der Waals surface area contributed by atoms with Gasteiger partial charge in [-0.25, -0.2) is 4.79 Å². The summed E-state index contributed by atoms with van der Waals surface area (Å²) >= 11 is 0. The van der Waals surface area contributed by atoms with Gasteiger partial charge in [-0.1, -0.05) is 6.07 Å². The van der Waals surface area contributed by atoms with Gasteiger partial charge in [0.05, 0.1) is 6.04 Å². The zero-order chi connectivity index (χ0) is 12.4. The standard InChI is InChI=1S/C13H17NO3/c1-8-4-9(2)6-11(5-8)16-7-12-10(3)14-13(15)17-12/h4-6,10,12H,7H2,1-3H3,(H,14,15)/t10-,12?/m0/s1. The van der Waals surface area contributed by atoms with E-state index >= 15 is 0 Å². The highest BCUT2D eigenvalue weighted by atomic mass is 16.6. The Kier molecular flexibility index (Phi) is 3.22. The summed E-state index contributed by atoms with van der Waals surface area (Å²) in [7, 11) is 0. The molecule has 1 unspecified atom stereocenters. The van der Waals surface area contributed by atoms with Crippen LogP contribution >= 0.6 is 0 Å². The topological polar surface area (TPSA) is 47.6 Å². The van der Waals surface area contributed by atoms with Crippen molar-refractivity contribution in [2.75, 3.05) is 6.61 Å². The van der Waals surface area contributed by atoms with Crippen LogP contribution in [0.2, 0.25) is 0 Å². The number of aryl methyl sites for hydroxylation is 2. The van der Waals surface area contributed by atoms with E-state index in [1.165, 1.54) is 0 Å². The fourth-order valence-corrected chi connectivity index (χ4v) is 1.93. The van der Waals surface area contributed by atoms with Crippen LogP contribution < -0.4 is 10.1 Å². The molecule has 4 nitrogen and oxygen atoms in total. The Morgan fingerprint density at radius 1 is 1.29 bits per heavy atom. The van der Waals surface area contributed by atoms with Gasteiger partial charge in [-0.2, -0.15) is 0 Å². The highest BCUT2D eigenvalue weighted by Gasteiger charge is 2.30. The van der Waals surface area contributed by atoms with Gasteiger partial charge in [-0.15, -0.1) is 0 Å². The van der Waals surface area contributed by atoms with E-state index in [-0.39, 0.29) is 18.2 Å². The highest BCUT2D eigenvalue weighted by molar-refractivity contribution is 5.70. The number of benzene rings is 1. The first-order chi connectivity index (χ1) is 8.04. The Bertz CT molecular complexity index is 410. The molecule has 92 valence electrons. The van der Waals surface area contributed by atoms with Crippen LogP contribution in [0.15, 0.2) is 18.2 Å². The molecule has 1 aliphatic heterocycles. The average Bonchev–Trinajstić information content (AvgIpc) is 2.53. The van der Waals surface area contributed by atoms with Crippen molar-refractivity contribution in [3.63, 3.8) is 0 Å². The molecule has 0 radical (unpaired) electrons. The fraction of sp³-hybridized carbons (Fsp3) is 0.462. The molecule has 1 saturated heterocycles. The van der Waals surface area contributed by atoms with Gasteiger partial charge in [0.15, 0.2) is 6.10 Å². The van der Waals surface area contributed by atoms with Crippen LogP contribution in [0.3, 0.4) is 0 Å². The summed E-state index contributed by atoms with van der Waals surface area (Å²) < 4.78 is 10.7. The summed E-state index contributed by atoms with van der Waals surface area (Å²) in [5, 5.41) is 2.68. The number of nitrogens with one attached hydrogen (secondary N) is 1. The van der Waals surface area contributed by atoms with Gasteiger partial charge in [0.1, 0.15) is 12.4 Å². The van der Waals surface area contributed by atoms with Gasteiger partial charge in [0, 0.05) is 0 Å². The lowest BCUT2D eigenvalue weighted by Crippen LogP contribution is -2.32. The first-order valence-corrected chi connectivity index (χ1v) is 5.73. The normalized spacial score (nSPS) is 23.1. The fourth-order valence-electron chi connectivity index (χ4n) is 1.93. The molecule has 0 aliphatic carbocycles. The molecule has 1 N–H and O–H groups in total. The molecule has 2 rings (SSSR count). The summed E-state index contributed by atoms with van der Waals surface area (Å²) in [6.07, 6.45) is -0.588. The van der Waals surface area contributed by atoms with Gasteiger partial charge in [0.25, 0.3) is 0 Å². The van der Waals surface area contributed by atoms with Crippen molar-refractivity contribution in [3.8, 4) is 5.75 Å². The van der Waals surface area contributed by atoms with E-state index in [4.69, 9.17) is 9.47 Å². The molecule has 17 heavy (non-hydrogen) atoms. The molecule has 1 fully saturated rings. The summed E-state index contributed by atoms with van der Waals surface area (Å²) in [4.78, 5) is 11.0. The molecule has 1 heterocycles. The zero-order valence-electron chi connectivity index (χ0n) is 10.3. The third-order valence-corrected chi connectivity index (χ3v) is 2.77. The quantitative estimate of drug-likeness (QED) is 0.873. The van der Waals surface area contributed by atoms with E-state index in [2.05, 4.69) is 11.4 Å². The Hall–Kier alpha value is -1.71. The van der Waals surface area contributed by atoms with Crippen molar-refractivity contribution < 1.29 is 14.3 Å². The van der Waals surface area contributed by atoms with E-state index in [0.717, 1.165) is 16.9 Å². The number of amides is 1. The highest BCUT2D eigenvalue weighted by Crippen LogP contribution is 2.18. The second kappa shape index (κ2) is 4.65. The lowest BCUT2D eigenvalue weighted by Gasteiger charge is -2.14. The van der Waals surface area contributed by atoms with Gasteiger partial charge in [0.2, 0.25) is 0 Å². The van der Waals surface area contributed by atoms with Crippen LogP contribution in [-0.4, -0.2) is 24.8 Å². The van der Waals surface area contributed by atoms with E-state index in [9.17, 15) is 4.79 Å². The van der Waals surface area contributed by atoms with Crippen LogP contribution in [0.5, 0.6) is 5.75 Å². The van der Waals surface area contributed by atoms with Gasteiger partial charge >= 0.3 is 6.09 Å². The average molecular weight is 235 g/mol. The number of carbonyl (C=O) groups excluding carboxylic acids is 1. The van der Waals surface area contributed by atoms with Crippen molar-refractivity contribution in [3.05, 3.63) is 29.3 Å². The zero-order valence-corrected chi connectivity index (χ0v) is 10.3. The first kappa shape index (κ1) is 11.8. The lowest BCUT2D eigenvalue weighted by atomic mass is 10.1. The van der Waals surface area contributed by atoms with Crippen LogP contribution in [-0.2, 0) is 4.74 Å². The molecule has 1 aromatic carbocycles. The van der Waals surface area contributed by atoms with Crippen LogP contribution in [0, 0.1) is 13.8 Å². The van der Waals surface area contributed by atoms with Gasteiger partial charge in [-0.3, -0.25) is 0 Å². The SMILES string of the molecule is Cc1cc(C)cc(OCC2OC(=O)N[C@H]2C)c1. The molecule has 0 aromatic heterocycles. The molecule has 1 aliphatic rings. The Morgan fingerprint density at radius 3 is 2.47 bits per heavy atom. The molecular formula is C13H17NO3. The molecule has 0 saturated carbocycles. The van der Waals surface area contributed by atoms with E-state index in [1.807, 2.05) is 32.9 Å². The number of ether oxygens (including phenoxy) is 2. The van der Waals surface area contributed by atoms with Crippen molar-refractivity contribution in [1.82, 2.24) is 5.32 Å². The maximum Gasteiger partial charge on any atom is 0.407 e. The van der Waals surface area contributed by atoms with Crippen LogP contribution in [0.1, 0.15) is 18.1 Å². The van der Waals surface area contributed by atoms with Crippen molar-refractivity contribution in [1.29, 1.82) is 0 Å². The number of carbonyl (C=O) groups is 1. The molecule has 0 bridgehead atoms. The van der Waals surface area contributed by atoms with Crippen molar-refractivity contribution in [2.45, 2.75) is 32.9 Å². The Balaban J connectivity index is 1.95. The number of hydrogen-bond acceptors (Lipinski definition) is 3. The summed E-state index contributed by atoms with van der Waals surface area (Å²) in [6.45, 7) is 6.34. The monoisotopic (exact) mass is 235 g/mol. The Morgan fingerprint density at radius 2 is 1.94 bits per heavy atom. The Labute approximate surface area is 101 Å². The smallest absolute Gasteiger partial charge is 0.407 e. The second-order valence-electron chi connectivity index (χ2n) is 4.51.